The van der Waals surface area contributed by atoms with E-state index in [2.05, 4.69) is 5.10 Å². The minimum Gasteiger partial charge on any atom is -0.329 e. The van der Waals surface area contributed by atoms with E-state index in [1.165, 1.54) is 6.07 Å². The molecule has 1 aromatic heterocycles. The van der Waals surface area contributed by atoms with E-state index >= 15 is 0 Å². The number of para-hydroxylation sites is 1. The van der Waals surface area contributed by atoms with Gasteiger partial charge in [-0.15, -0.1) is 0 Å². The van der Waals surface area contributed by atoms with Gasteiger partial charge in [-0.1, -0.05) is 18.2 Å². The third-order valence-corrected chi connectivity index (χ3v) is 3.79. The maximum Gasteiger partial charge on any atom is 0.127 e. The molecule has 1 heterocycles. The average Bonchev–Trinajstić information content (AvgIpc) is 2.94. The van der Waals surface area contributed by atoms with E-state index in [4.69, 9.17) is 5.73 Å². The van der Waals surface area contributed by atoms with Crippen LogP contribution in [0.1, 0.15) is 22.9 Å². The molecule has 0 saturated carbocycles. The van der Waals surface area contributed by atoms with Crippen molar-refractivity contribution in [3.8, 4) is 5.69 Å². The molecule has 0 aliphatic carbocycles. The van der Waals surface area contributed by atoms with Crippen LogP contribution in [0.5, 0.6) is 0 Å². The third kappa shape index (κ3) is 3.00. The van der Waals surface area contributed by atoms with Gasteiger partial charge >= 0.3 is 0 Å². The summed E-state index contributed by atoms with van der Waals surface area (Å²) in [7, 11) is 0. The van der Waals surface area contributed by atoms with Crippen LogP contribution in [0.15, 0.2) is 54.6 Å². The second-order valence-electron chi connectivity index (χ2n) is 5.41. The highest BCUT2D eigenvalue weighted by Crippen LogP contribution is 2.29. The minimum absolute atomic E-state index is 0.151. The Hall–Kier alpha value is -2.53. The Balaban J connectivity index is 2.14. The van der Waals surface area contributed by atoms with Gasteiger partial charge in [0.05, 0.1) is 17.1 Å². The third-order valence-electron chi connectivity index (χ3n) is 3.79. The lowest BCUT2D eigenvalue weighted by Gasteiger charge is -2.18. The molecule has 118 valence electrons. The van der Waals surface area contributed by atoms with E-state index in [9.17, 15) is 8.78 Å². The van der Waals surface area contributed by atoms with Crippen LogP contribution in [0.4, 0.5) is 8.78 Å². The average molecular weight is 313 g/mol. The zero-order valence-electron chi connectivity index (χ0n) is 12.7. The molecular weight excluding hydrogens is 296 g/mol. The Labute approximate surface area is 133 Å². The molecule has 2 N–H and O–H groups in total. The van der Waals surface area contributed by atoms with Gasteiger partial charge in [-0.25, -0.2) is 13.5 Å². The summed E-state index contributed by atoms with van der Waals surface area (Å²) in [5.74, 6) is -1.44. The second kappa shape index (κ2) is 6.30. The van der Waals surface area contributed by atoms with Gasteiger partial charge in [0, 0.05) is 18.0 Å². The van der Waals surface area contributed by atoms with Crippen molar-refractivity contribution in [1.29, 1.82) is 0 Å². The first-order chi connectivity index (χ1) is 11.1. The van der Waals surface area contributed by atoms with E-state index in [1.807, 2.05) is 43.3 Å². The zero-order chi connectivity index (χ0) is 16.4. The molecule has 3 aromatic rings. The van der Waals surface area contributed by atoms with Crippen LogP contribution in [0.25, 0.3) is 5.69 Å². The molecule has 3 nitrogen and oxygen atoms in total. The quantitative estimate of drug-likeness (QED) is 0.800. The van der Waals surface area contributed by atoms with Crippen LogP contribution in [0, 0.1) is 18.6 Å². The SMILES string of the molecule is Cc1cc(C(CN)c2cc(F)ccc2F)n(-c2ccccc2)n1. The molecule has 0 radical (unpaired) electrons. The fourth-order valence-electron chi connectivity index (χ4n) is 2.73. The van der Waals surface area contributed by atoms with Crippen LogP contribution in [-0.2, 0) is 0 Å². The highest BCUT2D eigenvalue weighted by Gasteiger charge is 2.22. The van der Waals surface area contributed by atoms with Crippen molar-refractivity contribution < 1.29 is 8.78 Å². The van der Waals surface area contributed by atoms with Crippen molar-refractivity contribution in [2.24, 2.45) is 5.73 Å². The van der Waals surface area contributed by atoms with E-state index in [0.29, 0.717) is 0 Å². The fraction of sp³-hybridized carbons (Fsp3) is 0.167. The second-order valence-corrected chi connectivity index (χ2v) is 5.41. The summed E-state index contributed by atoms with van der Waals surface area (Å²) >= 11 is 0. The van der Waals surface area contributed by atoms with Gasteiger partial charge in [0.1, 0.15) is 11.6 Å². The number of hydrogen-bond acceptors (Lipinski definition) is 2. The van der Waals surface area contributed by atoms with E-state index in [-0.39, 0.29) is 12.1 Å². The van der Waals surface area contributed by atoms with Crippen LogP contribution in [0.3, 0.4) is 0 Å². The number of aromatic nitrogens is 2. The Kier molecular flexibility index (Phi) is 4.21. The lowest BCUT2D eigenvalue weighted by atomic mass is 9.94. The number of halogens is 2. The molecule has 0 saturated heterocycles. The number of benzene rings is 2. The standard InChI is InChI=1S/C18H17F2N3/c1-12-9-18(23(22-12)14-5-3-2-4-6-14)16(11-21)15-10-13(19)7-8-17(15)20/h2-10,16H,11,21H2,1H3. The number of aryl methyl sites for hydroxylation is 1. The highest BCUT2D eigenvalue weighted by atomic mass is 19.1. The van der Waals surface area contributed by atoms with Gasteiger partial charge in [-0.05, 0) is 43.3 Å². The van der Waals surface area contributed by atoms with Gasteiger partial charge < -0.3 is 5.73 Å². The van der Waals surface area contributed by atoms with Gasteiger partial charge in [-0.3, -0.25) is 0 Å². The Morgan fingerprint density at radius 1 is 1.09 bits per heavy atom. The van der Waals surface area contributed by atoms with Crippen LogP contribution >= 0.6 is 0 Å². The van der Waals surface area contributed by atoms with Crippen molar-refractivity contribution >= 4 is 0 Å². The molecule has 0 bridgehead atoms. The minimum atomic E-state index is -0.484. The van der Waals surface area contributed by atoms with E-state index in [1.54, 1.807) is 4.68 Å². The van der Waals surface area contributed by atoms with Crippen molar-refractivity contribution in [1.82, 2.24) is 9.78 Å². The summed E-state index contributed by atoms with van der Waals surface area (Å²) in [5.41, 5.74) is 8.50. The fourth-order valence-corrected chi connectivity index (χ4v) is 2.73. The lowest BCUT2D eigenvalue weighted by Crippen LogP contribution is -2.19. The molecular formula is C18H17F2N3. The van der Waals surface area contributed by atoms with Crippen molar-refractivity contribution in [2.75, 3.05) is 6.54 Å². The monoisotopic (exact) mass is 313 g/mol. The first kappa shape index (κ1) is 15.4. The first-order valence-corrected chi connectivity index (χ1v) is 7.37. The maximum atomic E-state index is 14.2. The number of nitrogens with two attached hydrogens (primary N) is 1. The van der Waals surface area contributed by atoms with Gasteiger partial charge in [0.2, 0.25) is 0 Å². The predicted molar refractivity (Wildman–Crippen MR) is 85.6 cm³/mol. The maximum absolute atomic E-state index is 14.2. The van der Waals surface area contributed by atoms with Crippen LogP contribution < -0.4 is 5.73 Å². The molecule has 0 aliphatic heterocycles. The molecule has 23 heavy (non-hydrogen) atoms. The van der Waals surface area contributed by atoms with E-state index < -0.39 is 17.6 Å². The first-order valence-electron chi connectivity index (χ1n) is 7.37. The molecule has 0 amide bonds. The lowest BCUT2D eigenvalue weighted by molar-refractivity contribution is 0.569. The molecule has 5 heteroatoms. The van der Waals surface area contributed by atoms with Crippen LogP contribution in [0.2, 0.25) is 0 Å². The van der Waals surface area contributed by atoms with Gasteiger partial charge in [0.25, 0.3) is 0 Å². The number of rotatable bonds is 4. The zero-order valence-corrected chi connectivity index (χ0v) is 12.7. The molecule has 1 atom stereocenters. The normalized spacial score (nSPS) is 12.3. The summed E-state index contributed by atoms with van der Waals surface area (Å²) in [6.07, 6.45) is 0. The molecule has 1 unspecified atom stereocenters. The topological polar surface area (TPSA) is 43.8 Å². The number of hydrogen-bond donors (Lipinski definition) is 1. The predicted octanol–water partition coefficient (Wildman–Crippen LogP) is 3.55. The molecule has 3 rings (SSSR count). The molecule has 0 spiro atoms. The van der Waals surface area contributed by atoms with Gasteiger partial charge in [-0.2, -0.15) is 5.10 Å². The number of nitrogens with zero attached hydrogens (tertiary/aromatic N) is 2. The summed E-state index contributed by atoms with van der Waals surface area (Å²) in [4.78, 5) is 0. The van der Waals surface area contributed by atoms with Gasteiger partial charge in [0.15, 0.2) is 0 Å². The summed E-state index contributed by atoms with van der Waals surface area (Å²) in [6, 6.07) is 14.8. The molecule has 0 aliphatic rings. The molecule has 0 fully saturated rings. The van der Waals surface area contributed by atoms with Crippen molar-refractivity contribution in [3.63, 3.8) is 0 Å². The highest BCUT2D eigenvalue weighted by molar-refractivity contribution is 5.38. The Morgan fingerprint density at radius 3 is 2.52 bits per heavy atom. The summed E-state index contributed by atoms with van der Waals surface area (Å²) in [6.45, 7) is 2.01. The Morgan fingerprint density at radius 2 is 1.83 bits per heavy atom. The summed E-state index contributed by atoms with van der Waals surface area (Å²) in [5, 5.41) is 4.47. The van der Waals surface area contributed by atoms with Crippen molar-refractivity contribution in [2.45, 2.75) is 12.8 Å². The Bertz CT molecular complexity index is 812. The summed E-state index contributed by atoms with van der Waals surface area (Å²) < 4.78 is 29.5. The largest absolute Gasteiger partial charge is 0.329 e. The van der Waals surface area contributed by atoms with Crippen molar-refractivity contribution in [3.05, 3.63) is 83.2 Å². The molecule has 2 aromatic carbocycles. The van der Waals surface area contributed by atoms with Crippen LogP contribution in [-0.4, -0.2) is 16.3 Å². The smallest absolute Gasteiger partial charge is 0.127 e. The van der Waals surface area contributed by atoms with E-state index in [0.717, 1.165) is 29.2 Å².